The molecule has 120 valence electrons. The van der Waals surface area contributed by atoms with Crippen molar-refractivity contribution in [2.45, 2.75) is 26.0 Å². The van der Waals surface area contributed by atoms with Crippen LogP contribution >= 0.6 is 0 Å². The highest BCUT2D eigenvalue weighted by molar-refractivity contribution is 5.76. The predicted molar refractivity (Wildman–Crippen MR) is 88.9 cm³/mol. The van der Waals surface area contributed by atoms with Gasteiger partial charge in [-0.15, -0.1) is 0 Å². The number of halogens is 1. The van der Waals surface area contributed by atoms with Gasteiger partial charge >= 0.3 is 0 Å². The van der Waals surface area contributed by atoms with E-state index in [1.54, 1.807) is 12.1 Å². The second-order valence-corrected chi connectivity index (χ2v) is 5.21. The summed E-state index contributed by atoms with van der Waals surface area (Å²) in [7, 11) is 0. The first-order chi connectivity index (χ1) is 11.2. The van der Waals surface area contributed by atoms with Crippen LogP contribution in [-0.4, -0.2) is 11.0 Å². The molecule has 0 spiro atoms. The van der Waals surface area contributed by atoms with E-state index in [2.05, 4.69) is 5.32 Å². The first-order valence-corrected chi connectivity index (χ1v) is 7.55. The lowest BCUT2D eigenvalue weighted by Gasteiger charge is -2.06. The molecule has 0 unspecified atom stereocenters. The van der Waals surface area contributed by atoms with Crippen molar-refractivity contribution in [1.29, 1.82) is 0 Å². The van der Waals surface area contributed by atoms with E-state index in [0.717, 1.165) is 11.1 Å². The van der Waals surface area contributed by atoms with Crippen LogP contribution in [0, 0.1) is 5.82 Å². The number of benzene rings is 2. The summed E-state index contributed by atoms with van der Waals surface area (Å²) in [6, 6.07) is 14.4. The second kappa shape index (κ2) is 8.86. The molecule has 2 N–H and O–H groups in total. The predicted octanol–water partition coefficient (Wildman–Crippen LogP) is 3.43. The van der Waals surface area contributed by atoms with Crippen LogP contribution in [0.4, 0.5) is 4.39 Å². The number of hydrogen-bond acceptors (Lipinski definition) is 2. The number of amides is 1. The first kappa shape index (κ1) is 16.9. The van der Waals surface area contributed by atoms with Gasteiger partial charge in [0.15, 0.2) is 0 Å². The summed E-state index contributed by atoms with van der Waals surface area (Å²) in [5.41, 5.74) is 2.11. The fraction of sp³-hybridized carbons (Fsp3) is 0.211. The van der Waals surface area contributed by atoms with Crippen LogP contribution in [0.2, 0.25) is 0 Å². The Hall–Kier alpha value is -2.46. The summed E-state index contributed by atoms with van der Waals surface area (Å²) >= 11 is 0. The van der Waals surface area contributed by atoms with Crippen molar-refractivity contribution in [3.05, 3.63) is 77.1 Å². The Balaban J connectivity index is 1.74. The molecule has 2 rings (SSSR count). The molecule has 3 nitrogen and oxygen atoms in total. The topological polar surface area (TPSA) is 49.3 Å². The molecule has 4 heteroatoms. The molecule has 0 saturated heterocycles. The Kier molecular flexibility index (Phi) is 6.51. The second-order valence-electron chi connectivity index (χ2n) is 5.21. The van der Waals surface area contributed by atoms with Crippen LogP contribution in [0.5, 0.6) is 0 Å². The number of carbonyl (C=O) groups excluding carboxylic acids is 1. The van der Waals surface area contributed by atoms with Crippen molar-refractivity contribution in [2.24, 2.45) is 0 Å². The molecule has 0 aliphatic rings. The van der Waals surface area contributed by atoms with E-state index in [1.165, 1.54) is 6.07 Å². The number of rotatable bonds is 7. The molecule has 0 aromatic heterocycles. The van der Waals surface area contributed by atoms with Crippen LogP contribution in [0.15, 0.2) is 54.6 Å². The molecule has 0 fully saturated rings. The standard InChI is InChI=1S/C19H20FNO2/c20-18-11-10-16(12-17(18)14-22)13-21-19(23)9-5-4-8-15-6-2-1-3-7-15/h1-4,6-8,10-12,22H,5,9,13-14H2,(H,21,23)/b8-4+. The minimum absolute atomic E-state index is 0.0578. The van der Waals surface area contributed by atoms with Crippen LogP contribution in [0.25, 0.3) is 6.08 Å². The summed E-state index contributed by atoms with van der Waals surface area (Å²) in [5, 5.41) is 11.8. The van der Waals surface area contributed by atoms with Crippen LogP contribution in [0.3, 0.4) is 0 Å². The molecular weight excluding hydrogens is 293 g/mol. The number of aliphatic hydroxyl groups excluding tert-OH is 1. The summed E-state index contributed by atoms with van der Waals surface area (Å²) in [6.45, 7) is -0.0214. The maximum atomic E-state index is 13.3. The zero-order valence-corrected chi connectivity index (χ0v) is 12.8. The Morgan fingerprint density at radius 1 is 1.17 bits per heavy atom. The maximum Gasteiger partial charge on any atom is 0.220 e. The quantitative estimate of drug-likeness (QED) is 0.823. The van der Waals surface area contributed by atoms with E-state index in [-0.39, 0.29) is 18.1 Å². The fourth-order valence-electron chi connectivity index (χ4n) is 2.15. The van der Waals surface area contributed by atoms with Crippen LogP contribution in [-0.2, 0) is 17.9 Å². The van der Waals surface area contributed by atoms with Crippen LogP contribution < -0.4 is 5.32 Å². The van der Waals surface area contributed by atoms with E-state index in [0.29, 0.717) is 19.4 Å². The summed E-state index contributed by atoms with van der Waals surface area (Å²) in [6.07, 6.45) is 5.01. The van der Waals surface area contributed by atoms with Gasteiger partial charge in [0.05, 0.1) is 6.61 Å². The molecule has 0 saturated carbocycles. The van der Waals surface area contributed by atoms with Gasteiger partial charge in [-0.05, 0) is 29.7 Å². The molecule has 0 bridgehead atoms. The van der Waals surface area contributed by atoms with Gasteiger partial charge in [0, 0.05) is 18.5 Å². The number of allylic oxidation sites excluding steroid dienone is 1. The fourth-order valence-corrected chi connectivity index (χ4v) is 2.15. The number of nitrogens with one attached hydrogen (secondary N) is 1. The van der Waals surface area contributed by atoms with Crippen molar-refractivity contribution in [3.63, 3.8) is 0 Å². The monoisotopic (exact) mass is 313 g/mol. The lowest BCUT2D eigenvalue weighted by Crippen LogP contribution is -2.22. The Bertz CT molecular complexity index is 668. The van der Waals surface area contributed by atoms with Crippen LogP contribution in [0.1, 0.15) is 29.5 Å². The van der Waals surface area contributed by atoms with Crippen molar-refractivity contribution in [3.8, 4) is 0 Å². The smallest absolute Gasteiger partial charge is 0.220 e. The highest BCUT2D eigenvalue weighted by atomic mass is 19.1. The molecule has 23 heavy (non-hydrogen) atoms. The Morgan fingerprint density at radius 3 is 2.70 bits per heavy atom. The van der Waals surface area contributed by atoms with E-state index in [1.807, 2.05) is 42.5 Å². The first-order valence-electron chi connectivity index (χ1n) is 7.55. The number of carbonyl (C=O) groups is 1. The largest absolute Gasteiger partial charge is 0.392 e. The van der Waals surface area contributed by atoms with Gasteiger partial charge in [-0.2, -0.15) is 0 Å². The van der Waals surface area contributed by atoms with Crippen molar-refractivity contribution in [2.75, 3.05) is 0 Å². The summed E-state index contributed by atoms with van der Waals surface area (Å²) in [5.74, 6) is -0.494. The molecule has 1 amide bonds. The van der Waals surface area contributed by atoms with E-state index in [9.17, 15) is 9.18 Å². The van der Waals surface area contributed by atoms with E-state index >= 15 is 0 Å². The number of hydrogen-bond donors (Lipinski definition) is 2. The molecule has 0 radical (unpaired) electrons. The average Bonchev–Trinajstić information content (AvgIpc) is 2.59. The van der Waals surface area contributed by atoms with Crippen molar-refractivity contribution < 1.29 is 14.3 Å². The van der Waals surface area contributed by atoms with Gasteiger partial charge in [-0.25, -0.2) is 4.39 Å². The van der Waals surface area contributed by atoms with Gasteiger partial charge in [0.25, 0.3) is 0 Å². The molecule has 0 heterocycles. The third-order valence-corrected chi connectivity index (χ3v) is 3.42. The third kappa shape index (κ3) is 5.68. The zero-order chi connectivity index (χ0) is 16.5. The van der Waals surface area contributed by atoms with Gasteiger partial charge in [0.1, 0.15) is 5.82 Å². The van der Waals surface area contributed by atoms with Crippen molar-refractivity contribution in [1.82, 2.24) is 5.32 Å². The molecular formula is C19H20FNO2. The third-order valence-electron chi connectivity index (χ3n) is 3.42. The maximum absolute atomic E-state index is 13.3. The molecule has 0 atom stereocenters. The van der Waals surface area contributed by atoms with E-state index in [4.69, 9.17) is 5.11 Å². The molecule has 2 aromatic rings. The lowest BCUT2D eigenvalue weighted by atomic mass is 10.1. The van der Waals surface area contributed by atoms with Gasteiger partial charge in [0.2, 0.25) is 5.91 Å². The lowest BCUT2D eigenvalue weighted by molar-refractivity contribution is -0.121. The van der Waals surface area contributed by atoms with Gasteiger partial charge in [-0.1, -0.05) is 48.6 Å². The van der Waals surface area contributed by atoms with E-state index < -0.39 is 5.82 Å². The van der Waals surface area contributed by atoms with Gasteiger partial charge < -0.3 is 10.4 Å². The SMILES string of the molecule is O=C(CC/C=C/c1ccccc1)NCc1ccc(F)c(CO)c1. The normalized spacial score (nSPS) is 10.9. The highest BCUT2D eigenvalue weighted by Gasteiger charge is 2.04. The molecule has 0 aliphatic carbocycles. The van der Waals surface area contributed by atoms with Gasteiger partial charge in [-0.3, -0.25) is 4.79 Å². The minimum atomic E-state index is -0.436. The number of aliphatic hydroxyl groups is 1. The Morgan fingerprint density at radius 2 is 1.96 bits per heavy atom. The summed E-state index contributed by atoms with van der Waals surface area (Å²) in [4.78, 5) is 11.8. The zero-order valence-electron chi connectivity index (χ0n) is 12.8. The average molecular weight is 313 g/mol. The highest BCUT2D eigenvalue weighted by Crippen LogP contribution is 2.10. The molecule has 0 aliphatic heterocycles. The Labute approximate surface area is 135 Å². The van der Waals surface area contributed by atoms with Crippen molar-refractivity contribution >= 4 is 12.0 Å². The summed E-state index contributed by atoms with van der Waals surface area (Å²) < 4.78 is 13.3. The minimum Gasteiger partial charge on any atom is -0.392 e. The molecule has 2 aromatic carbocycles.